The molecule has 0 bridgehead atoms. The van der Waals surface area contributed by atoms with Gasteiger partial charge < -0.3 is 10.5 Å². The molecule has 2 unspecified atom stereocenters. The van der Waals surface area contributed by atoms with Gasteiger partial charge in [0.2, 0.25) is 0 Å². The average molecular weight is 338 g/mol. The van der Waals surface area contributed by atoms with Crippen LogP contribution >= 0.6 is 34.2 Å². The Labute approximate surface area is 108 Å². The average Bonchev–Trinajstić information content (AvgIpc) is 2.74. The molecule has 2 rings (SSSR count). The molecule has 2 atom stereocenters. The SMILES string of the molecule is NC(c1ccc(I)c(Cl)c1)C1CCOC1. The first-order chi connectivity index (χ1) is 7.18. The van der Waals surface area contributed by atoms with E-state index in [1.165, 1.54) is 0 Å². The van der Waals surface area contributed by atoms with Crippen LogP contribution in [-0.2, 0) is 4.74 Å². The molecule has 1 aliphatic rings. The molecule has 15 heavy (non-hydrogen) atoms. The molecule has 0 radical (unpaired) electrons. The van der Waals surface area contributed by atoms with Crippen molar-refractivity contribution in [1.29, 1.82) is 0 Å². The van der Waals surface area contributed by atoms with Gasteiger partial charge >= 0.3 is 0 Å². The number of hydrogen-bond donors (Lipinski definition) is 1. The van der Waals surface area contributed by atoms with Gasteiger partial charge in [-0.25, -0.2) is 0 Å². The minimum atomic E-state index is 0.0435. The molecule has 1 aromatic rings. The number of rotatable bonds is 2. The van der Waals surface area contributed by atoms with Gasteiger partial charge in [-0.15, -0.1) is 0 Å². The lowest BCUT2D eigenvalue weighted by Gasteiger charge is -2.18. The predicted octanol–water partition coefficient (Wildman–Crippen LogP) is 2.98. The smallest absolute Gasteiger partial charge is 0.0542 e. The van der Waals surface area contributed by atoms with Crippen LogP contribution in [0.2, 0.25) is 5.02 Å². The van der Waals surface area contributed by atoms with E-state index in [4.69, 9.17) is 22.1 Å². The molecule has 0 saturated carbocycles. The Balaban J connectivity index is 2.17. The summed E-state index contributed by atoms with van der Waals surface area (Å²) in [7, 11) is 0. The summed E-state index contributed by atoms with van der Waals surface area (Å²) in [5.74, 6) is 0.432. The van der Waals surface area contributed by atoms with Crippen molar-refractivity contribution in [3.63, 3.8) is 0 Å². The zero-order valence-electron chi connectivity index (χ0n) is 8.25. The van der Waals surface area contributed by atoms with Crippen LogP contribution in [0, 0.1) is 9.49 Å². The third-order valence-electron chi connectivity index (χ3n) is 2.80. The van der Waals surface area contributed by atoms with Crippen molar-refractivity contribution in [3.05, 3.63) is 32.4 Å². The molecule has 1 aliphatic heterocycles. The van der Waals surface area contributed by atoms with Crippen LogP contribution in [-0.4, -0.2) is 13.2 Å². The highest BCUT2D eigenvalue weighted by Gasteiger charge is 2.24. The van der Waals surface area contributed by atoms with E-state index >= 15 is 0 Å². The Morgan fingerprint density at radius 1 is 1.53 bits per heavy atom. The van der Waals surface area contributed by atoms with Gasteiger partial charge in [0.25, 0.3) is 0 Å². The van der Waals surface area contributed by atoms with E-state index < -0.39 is 0 Å². The molecule has 2 N–H and O–H groups in total. The van der Waals surface area contributed by atoms with E-state index in [0.29, 0.717) is 5.92 Å². The first-order valence-electron chi connectivity index (χ1n) is 4.97. The fourth-order valence-electron chi connectivity index (χ4n) is 1.83. The molecule has 2 nitrogen and oxygen atoms in total. The highest BCUT2D eigenvalue weighted by molar-refractivity contribution is 14.1. The van der Waals surface area contributed by atoms with Crippen LogP contribution in [0.5, 0.6) is 0 Å². The van der Waals surface area contributed by atoms with E-state index in [-0.39, 0.29) is 6.04 Å². The summed E-state index contributed by atoms with van der Waals surface area (Å²) < 4.78 is 6.40. The van der Waals surface area contributed by atoms with Crippen LogP contribution in [0.4, 0.5) is 0 Å². The minimum absolute atomic E-state index is 0.0435. The molecule has 0 spiro atoms. The molecule has 1 saturated heterocycles. The Kier molecular flexibility index (Phi) is 3.88. The molecule has 0 amide bonds. The first-order valence-corrected chi connectivity index (χ1v) is 6.42. The van der Waals surface area contributed by atoms with Gasteiger partial charge in [0.05, 0.1) is 11.6 Å². The van der Waals surface area contributed by atoms with Gasteiger partial charge in [0.15, 0.2) is 0 Å². The molecule has 4 heteroatoms. The highest BCUT2D eigenvalue weighted by Crippen LogP contribution is 2.29. The van der Waals surface area contributed by atoms with Crippen molar-refractivity contribution >= 4 is 34.2 Å². The second-order valence-electron chi connectivity index (χ2n) is 3.82. The minimum Gasteiger partial charge on any atom is -0.381 e. The largest absolute Gasteiger partial charge is 0.381 e. The number of hydrogen-bond acceptors (Lipinski definition) is 2. The van der Waals surface area contributed by atoms with Gasteiger partial charge in [-0.05, 0) is 46.7 Å². The maximum atomic E-state index is 6.18. The Morgan fingerprint density at radius 2 is 2.33 bits per heavy atom. The number of benzene rings is 1. The molecule has 0 aliphatic carbocycles. The van der Waals surface area contributed by atoms with Crippen molar-refractivity contribution < 1.29 is 4.74 Å². The van der Waals surface area contributed by atoms with Crippen LogP contribution in [0.1, 0.15) is 18.0 Å². The van der Waals surface area contributed by atoms with Crippen molar-refractivity contribution in [1.82, 2.24) is 0 Å². The quantitative estimate of drug-likeness (QED) is 0.842. The third-order valence-corrected chi connectivity index (χ3v) is 4.37. The number of ether oxygens (including phenoxy) is 1. The van der Waals surface area contributed by atoms with Crippen molar-refractivity contribution in [2.24, 2.45) is 11.7 Å². The second kappa shape index (κ2) is 4.99. The van der Waals surface area contributed by atoms with Gasteiger partial charge in [-0.2, -0.15) is 0 Å². The van der Waals surface area contributed by atoms with Gasteiger partial charge in [0.1, 0.15) is 0 Å². The Bertz CT molecular complexity index is 352. The van der Waals surface area contributed by atoms with Gasteiger partial charge in [-0.3, -0.25) is 0 Å². The summed E-state index contributed by atoms with van der Waals surface area (Å²) in [6.45, 7) is 1.60. The van der Waals surface area contributed by atoms with Crippen LogP contribution < -0.4 is 5.73 Å². The van der Waals surface area contributed by atoms with E-state index in [1.807, 2.05) is 12.1 Å². The third kappa shape index (κ3) is 2.64. The predicted molar refractivity (Wildman–Crippen MR) is 70.0 cm³/mol. The van der Waals surface area contributed by atoms with Crippen molar-refractivity contribution in [2.75, 3.05) is 13.2 Å². The maximum absolute atomic E-state index is 6.18. The summed E-state index contributed by atoms with van der Waals surface area (Å²) in [6.07, 6.45) is 1.05. The number of halogens is 2. The van der Waals surface area contributed by atoms with Crippen molar-refractivity contribution in [2.45, 2.75) is 12.5 Å². The lowest BCUT2D eigenvalue weighted by molar-refractivity contribution is 0.181. The van der Waals surface area contributed by atoms with Gasteiger partial charge in [-0.1, -0.05) is 17.7 Å². The van der Waals surface area contributed by atoms with E-state index in [9.17, 15) is 0 Å². The van der Waals surface area contributed by atoms with Crippen LogP contribution in [0.15, 0.2) is 18.2 Å². The van der Waals surface area contributed by atoms with E-state index in [1.54, 1.807) is 0 Å². The Hall–Kier alpha value is 0.160. The summed E-state index contributed by atoms with van der Waals surface area (Å²) in [5.41, 5.74) is 7.29. The maximum Gasteiger partial charge on any atom is 0.0542 e. The van der Waals surface area contributed by atoms with Crippen LogP contribution in [0.25, 0.3) is 0 Å². The lowest BCUT2D eigenvalue weighted by atomic mass is 9.93. The molecular weight excluding hydrogens is 324 g/mol. The molecule has 1 aromatic carbocycles. The normalized spacial score (nSPS) is 23.0. The van der Waals surface area contributed by atoms with Gasteiger partial charge in [0, 0.05) is 22.1 Å². The molecule has 82 valence electrons. The standard InChI is InChI=1S/C11H13ClINO/c12-9-5-7(1-2-10(9)13)11(14)8-3-4-15-6-8/h1-2,5,8,11H,3-4,6,14H2. The second-order valence-corrected chi connectivity index (χ2v) is 5.39. The van der Waals surface area contributed by atoms with E-state index in [2.05, 4.69) is 28.7 Å². The van der Waals surface area contributed by atoms with Crippen LogP contribution in [0.3, 0.4) is 0 Å². The summed E-state index contributed by atoms with van der Waals surface area (Å²) in [5, 5.41) is 0.780. The molecule has 0 aromatic heterocycles. The Morgan fingerprint density at radius 3 is 2.93 bits per heavy atom. The first kappa shape index (κ1) is 11.6. The number of nitrogens with two attached hydrogens (primary N) is 1. The summed E-state index contributed by atoms with van der Waals surface area (Å²) in [6, 6.07) is 6.07. The molecule has 1 fully saturated rings. The van der Waals surface area contributed by atoms with Crippen molar-refractivity contribution in [3.8, 4) is 0 Å². The summed E-state index contributed by atoms with van der Waals surface area (Å²) in [4.78, 5) is 0. The fourth-order valence-corrected chi connectivity index (χ4v) is 2.35. The fraction of sp³-hybridized carbons (Fsp3) is 0.455. The lowest BCUT2D eigenvalue weighted by Crippen LogP contribution is -2.21. The van der Waals surface area contributed by atoms with E-state index in [0.717, 1.165) is 33.8 Å². The zero-order chi connectivity index (χ0) is 10.8. The monoisotopic (exact) mass is 337 g/mol. The molecule has 1 heterocycles. The zero-order valence-corrected chi connectivity index (χ0v) is 11.2. The highest BCUT2D eigenvalue weighted by atomic mass is 127. The topological polar surface area (TPSA) is 35.2 Å². The summed E-state index contributed by atoms with van der Waals surface area (Å²) >= 11 is 8.29. The molecular formula is C11H13ClINO.